The van der Waals surface area contributed by atoms with E-state index in [-0.39, 0.29) is 22.6 Å². The van der Waals surface area contributed by atoms with Crippen LogP contribution in [0.1, 0.15) is 49.9 Å². The van der Waals surface area contributed by atoms with Crippen LogP contribution in [0.3, 0.4) is 0 Å². The van der Waals surface area contributed by atoms with E-state index >= 15 is 0 Å². The molecule has 1 aliphatic carbocycles. The van der Waals surface area contributed by atoms with Gasteiger partial charge in [-0.15, -0.1) is 11.3 Å². The first kappa shape index (κ1) is 20.0. The maximum atomic E-state index is 12.5. The second kappa shape index (κ2) is 7.86. The minimum atomic E-state index is -0.642. The molecule has 0 aromatic carbocycles. The zero-order chi connectivity index (χ0) is 21.4. The molecule has 2 N–H and O–H groups in total. The van der Waals surface area contributed by atoms with Gasteiger partial charge in [0.15, 0.2) is 0 Å². The number of nitrogens with one attached hydrogen (secondary N) is 2. The summed E-state index contributed by atoms with van der Waals surface area (Å²) in [7, 11) is 2.85. The zero-order valence-electron chi connectivity index (χ0n) is 16.7. The Morgan fingerprint density at radius 2 is 1.73 bits per heavy atom. The lowest BCUT2D eigenvalue weighted by Gasteiger charge is -2.09. The molecule has 4 rings (SSSR count). The van der Waals surface area contributed by atoms with E-state index in [2.05, 4.69) is 15.8 Å². The molecule has 0 atom stereocenters. The molecule has 2 amide bonds. The SMILES string of the molecule is Cn1c(=O)c2ccc(C(=O)NNC(=O)c3cc4c(s3)CCCCC4)nc2n(C)c1=O. The molecule has 9 nitrogen and oxygen atoms in total. The van der Waals surface area contributed by atoms with Crippen LogP contribution in [0.4, 0.5) is 0 Å². The highest BCUT2D eigenvalue weighted by Crippen LogP contribution is 2.28. The minimum Gasteiger partial charge on any atom is -0.280 e. The predicted molar refractivity (Wildman–Crippen MR) is 113 cm³/mol. The molecule has 0 bridgehead atoms. The predicted octanol–water partition coefficient (Wildman–Crippen LogP) is 1.04. The van der Waals surface area contributed by atoms with E-state index in [9.17, 15) is 19.2 Å². The first-order chi connectivity index (χ1) is 14.4. The van der Waals surface area contributed by atoms with Gasteiger partial charge < -0.3 is 0 Å². The second-order valence-corrected chi connectivity index (χ2v) is 8.44. The Hall–Kier alpha value is -3.27. The van der Waals surface area contributed by atoms with Crippen LogP contribution in [0.25, 0.3) is 11.0 Å². The van der Waals surface area contributed by atoms with Gasteiger partial charge in [0.25, 0.3) is 17.4 Å². The van der Waals surface area contributed by atoms with Crippen LogP contribution in [0.2, 0.25) is 0 Å². The monoisotopic (exact) mass is 427 g/mol. The smallest absolute Gasteiger partial charge is 0.280 e. The summed E-state index contributed by atoms with van der Waals surface area (Å²) >= 11 is 1.46. The van der Waals surface area contributed by atoms with Gasteiger partial charge in [0.1, 0.15) is 11.3 Å². The molecule has 0 spiro atoms. The van der Waals surface area contributed by atoms with Crippen LogP contribution in [-0.2, 0) is 26.9 Å². The Morgan fingerprint density at radius 3 is 2.53 bits per heavy atom. The number of hydrogen-bond acceptors (Lipinski definition) is 6. The molecule has 3 aromatic rings. The number of nitrogens with zero attached hydrogens (tertiary/aromatic N) is 3. The summed E-state index contributed by atoms with van der Waals surface area (Å²) in [6.45, 7) is 0. The lowest BCUT2D eigenvalue weighted by Crippen LogP contribution is -2.42. The van der Waals surface area contributed by atoms with Crippen molar-refractivity contribution < 1.29 is 9.59 Å². The van der Waals surface area contributed by atoms with Crippen LogP contribution in [0.5, 0.6) is 0 Å². The van der Waals surface area contributed by atoms with Crippen molar-refractivity contribution >= 4 is 34.2 Å². The summed E-state index contributed by atoms with van der Waals surface area (Å²) in [6, 6.07) is 4.72. The molecule has 0 saturated heterocycles. The topological polar surface area (TPSA) is 115 Å². The number of amides is 2. The highest BCUT2D eigenvalue weighted by Gasteiger charge is 2.18. The minimum absolute atomic E-state index is 0.0204. The van der Waals surface area contributed by atoms with Crippen molar-refractivity contribution in [2.45, 2.75) is 32.1 Å². The maximum absolute atomic E-state index is 12.5. The van der Waals surface area contributed by atoms with E-state index in [1.54, 1.807) is 0 Å². The fraction of sp³-hybridized carbons (Fsp3) is 0.350. The van der Waals surface area contributed by atoms with Gasteiger partial charge in [-0.3, -0.25) is 34.4 Å². The standard InChI is InChI=1S/C20H21N5O4S/c1-24-16-12(19(28)25(2)20(24)29)8-9-13(21-16)17(26)22-23-18(27)15-10-11-6-4-3-5-7-14(11)30-15/h8-10H,3-7H2,1-2H3,(H,22,26)(H,23,27). The molecule has 30 heavy (non-hydrogen) atoms. The third-order valence-electron chi connectivity index (χ3n) is 5.29. The molecule has 0 fully saturated rings. The molecule has 0 saturated carbocycles. The quantitative estimate of drug-likeness (QED) is 0.468. The molecule has 0 radical (unpaired) electrons. The normalized spacial score (nSPS) is 13.5. The fourth-order valence-electron chi connectivity index (χ4n) is 3.60. The van der Waals surface area contributed by atoms with Crippen molar-refractivity contribution in [1.82, 2.24) is 25.0 Å². The van der Waals surface area contributed by atoms with E-state index < -0.39 is 17.2 Å². The largest absolute Gasteiger partial charge is 0.332 e. The van der Waals surface area contributed by atoms with Gasteiger partial charge in [-0.2, -0.15) is 0 Å². The van der Waals surface area contributed by atoms with Gasteiger partial charge in [0, 0.05) is 19.0 Å². The van der Waals surface area contributed by atoms with Gasteiger partial charge in [-0.25, -0.2) is 9.78 Å². The van der Waals surface area contributed by atoms with Crippen molar-refractivity contribution in [1.29, 1.82) is 0 Å². The Balaban J connectivity index is 1.51. The average Bonchev–Trinajstić information content (AvgIpc) is 3.04. The van der Waals surface area contributed by atoms with Crippen LogP contribution in [0, 0.1) is 0 Å². The Bertz CT molecular complexity index is 1260. The van der Waals surface area contributed by atoms with E-state index in [4.69, 9.17) is 0 Å². The number of pyridine rings is 1. The van der Waals surface area contributed by atoms with Gasteiger partial charge >= 0.3 is 5.69 Å². The van der Waals surface area contributed by atoms with Gasteiger partial charge in [-0.1, -0.05) is 6.42 Å². The molecule has 1 aliphatic rings. The number of thiophene rings is 1. The number of rotatable bonds is 2. The van der Waals surface area contributed by atoms with E-state index in [1.807, 2.05) is 6.07 Å². The number of carbonyl (C=O) groups excluding carboxylic acids is 2. The molecular formula is C20H21N5O4S. The molecule has 3 aromatic heterocycles. The third-order valence-corrected chi connectivity index (χ3v) is 6.53. The van der Waals surface area contributed by atoms with Gasteiger partial charge in [0.2, 0.25) is 0 Å². The lowest BCUT2D eigenvalue weighted by molar-refractivity contribution is 0.0846. The first-order valence-corrected chi connectivity index (χ1v) is 10.5. The van der Waals surface area contributed by atoms with Gasteiger partial charge in [0.05, 0.1) is 10.3 Å². The summed E-state index contributed by atoms with van der Waals surface area (Å²) in [5.41, 5.74) is 5.03. The molecule has 3 heterocycles. The number of aromatic nitrogens is 3. The molecule has 10 heteroatoms. The lowest BCUT2D eigenvalue weighted by atomic mass is 10.1. The average molecular weight is 427 g/mol. The van der Waals surface area contributed by atoms with Crippen LogP contribution < -0.4 is 22.1 Å². The highest BCUT2D eigenvalue weighted by molar-refractivity contribution is 7.14. The number of fused-ring (bicyclic) bond motifs is 2. The van der Waals surface area contributed by atoms with Crippen LogP contribution >= 0.6 is 11.3 Å². The molecule has 0 aliphatic heterocycles. The molecule has 0 unspecified atom stereocenters. The van der Waals surface area contributed by atoms with E-state index in [0.717, 1.165) is 30.3 Å². The van der Waals surface area contributed by atoms with Crippen LogP contribution in [0.15, 0.2) is 27.8 Å². The van der Waals surface area contributed by atoms with E-state index in [1.165, 1.54) is 59.0 Å². The number of aryl methyl sites for hydroxylation is 3. The van der Waals surface area contributed by atoms with Crippen molar-refractivity contribution in [3.05, 3.63) is 60.0 Å². The first-order valence-electron chi connectivity index (χ1n) is 9.66. The van der Waals surface area contributed by atoms with Gasteiger partial charge in [-0.05, 0) is 49.4 Å². The second-order valence-electron chi connectivity index (χ2n) is 7.30. The van der Waals surface area contributed by atoms with Crippen molar-refractivity contribution in [2.75, 3.05) is 0 Å². The third kappa shape index (κ3) is 3.54. The molecular weight excluding hydrogens is 406 g/mol. The number of hydrogen-bond donors (Lipinski definition) is 2. The maximum Gasteiger partial charge on any atom is 0.332 e. The summed E-state index contributed by atoms with van der Waals surface area (Å²) in [5, 5.41) is 0.222. The van der Waals surface area contributed by atoms with E-state index in [0.29, 0.717) is 4.88 Å². The highest BCUT2D eigenvalue weighted by atomic mass is 32.1. The van der Waals surface area contributed by atoms with Crippen LogP contribution in [-0.4, -0.2) is 25.9 Å². The van der Waals surface area contributed by atoms with Crippen molar-refractivity contribution in [3.63, 3.8) is 0 Å². The Labute approximate surface area is 175 Å². The molecule has 156 valence electrons. The summed E-state index contributed by atoms with van der Waals surface area (Å²) in [4.78, 5) is 55.1. The Morgan fingerprint density at radius 1 is 1.00 bits per heavy atom. The summed E-state index contributed by atoms with van der Waals surface area (Å²) in [6.07, 6.45) is 5.42. The Kier molecular flexibility index (Phi) is 5.25. The van der Waals surface area contributed by atoms with Crippen molar-refractivity contribution in [2.24, 2.45) is 14.1 Å². The zero-order valence-corrected chi connectivity index (χ0v) is 17.5. The number of carbonyl (C=O) groups is 2. The summed E-state index contributed by atoms with van der Waals surface area (Å²) in [5.74, 6) is -1.03. The fourth-order valence-corrected chi connectivity index (χ4v) is 4.75. The van der Waals surface area contributed by atoms with Crippen molar-refractivity contribution in [3.8, 4) is 0 Å². The number of hydrazine groups is 1. The summed E-state index contributed by atoms with van der Waals surface area (Å²) < 4.78 is 2.18.